The van der Waals surface area contributed by atoms with Crippen molar-refractivity contribution in [3.8, 4) is 0 Å². The number of nitrogens with one attached hydrogen (secondary N) is 1. The molecule has 3 rings (SSSR count). The van der Waals surface area contributed by atoms with Crippen LogP contribution in [0.5, 0.6) is 0 Å². The zero-order valence-electron chi connectivity index (χ0n) is 16.2. The number of carbonyl (C=O) groups is 1. The number of aromatic nitrogens is 1. The zero-order valence-corrected chi connectivity index (χ0v) is 17.9. The van der Waals surface area contributed by atoms with E-state index in [2.05, 4.69) is 16.9 Å². The Morgan fingerprint density at radius 2 is 2.10 bits per heavy atom. The quantitative estimate of drug-likeness (QED) is 0.326. The van der Waals surface area contributed by atoms with Crippen LogP contribution in [-0.4, -0.2) is 23.0 Å². The maximum absolute atomic E-state index is 13.9. The highest BCUT2D eigenvalue weighted by Gasteiger charge is 2.66. The SMILES string of the molecule is C=C[C@@H]1C[C@]1(NC(=O)OCc1ccccc1)[P@](=O)(Cc1cccc(Cl)n1)OCC. The van der Waals surface area contributed by atoms with E-state index in [1.807, 2.05) is 30.3 Å². The van der Waals surface area contributed by atoms with Crippen LogP contribution in [0.2, 0.25) is 5.15 Å². The van der Waals surface area contributed by atoms with Gasteiger partial charge in [0, 0.05) is 5.92 Å². The van der Waals surface area contributed by atoms with Crippen molar-refractivity contribution in [2.24, 2.45) is 5.92 Å². The number of hydrogen-bond donors (Lipinski definition) is 1. The lowest BCUT2D eigenvalue weighted by Gasteiger charge is -2.28. The summed E-state index contributed by atoms with van der Waals surface area (Å²) in [5.41, 5.74) is 1.41. The molecule has 1 N–H and O–H groups in total. The maximum atomic E-state index is 13.9. The molecule has 6 nitrogen and oxygen atoms in total. The number of rotatable bonds is 9. The number of alkyl carbamates (subject to hydrolysis) is 1. The molecule has 0 saturated heterocycles. The van der Waals surface area contributed by atoms with E-state index in [-0.39, 0.29) is 25.3 Å². The van der Waals surface area contributed by atoms with E-state index < -0.39 is 18.7 Å². The fourth-order valence-corrected chi connectivity index (χ4v) is 6.53. The van der Waals surface area contributed by atoms with E-state index in [9.17, 15) is 9.36 Å². The third-order valence-electron chi connectivity index (χ3n) is 4.89. The van der Waals surface area contributed by atoms with Crippen molar-refractivity contribution in [1.82, 2.24) is 10.3 Å². The summed E-state index contributed by atoms with van der Waals surface area (Å²) >= 11 is 5.97. The minimum absolute atomic E-state index is 0.0602. The molecule has 0 radical (unpaired) electrons. The molecule has 0 bridgehead atoms. The van der Waals surface area contributed by atoms with Gasteiger partial charge in [0.1, 0.15) is 17.0 Å². The third kappa shape index (κ3) is 4.89. The van der Waals surface area contributed by atoms with Crippen molar-refractivity contribution in [2.45, 2.75) is 31.4 Å². The summed E-state index contributed by atoms with van der Waals surface area (Å²) in [4.78, 5) is 16.7. The first kappa shape index (κ1) is 21.6. The van der Waals surface area contributed by atoms with Gasteiger partial charge in [-0.05, 0) is 31.0 Å². The Labute approximate surface area is 175 Å². The van der Waals surface area contributed by atoms with Crippen molar-refractivity contribution < 1.29 is 18.6 Å². The lowest BCUT2D eigenvalue weighted by Crippen LogP contribution is -2.39. The topological polar surface area (TPSA) is 77.5 Å². The van der Waals surface area contributed by atoms with Crippen molar-refractivity contribution in [3.05, 3.63) is 77.6 Å². The largest absolute Gasteiger partial charge is 0.445 e. The molecule has 1 aromatic heterocycles. The maximum Gasteiger partial charge on any atom is 0.408 e. The van der Waals surface area contributed by atoms with Crippen LogP contribution < -0.4 is 5.32 Å². The predicted octanol–water partition coefficient (Wildman–Crippen LogP) is 5.38. The first-order valence-corrected chi connectivity index (χ1v) is 11.6. The molecule has 1 amide bonds. The van der Waals surface area contributed by atoms with Crippen LogP contribution in [-0.2, 0) is 26.6 Å². The zero-order chi connectivity index (χ0) is 20.9. The average Bonchev–Trinajstić information content (AvgIpc) is 3.42. The van der Waals surface area contributed by atoms with Gasteiger partial charge in [-0.3, -0.25) is 4.57 Å². The van der Waals surface area contributed by atoms with Crippen LogP contribution in [0.4, 0.5) is 4.79 Å². The van der Waals surface area contributed by atoms with Gasteiger partial charge in [0.25, 0.3) is 0 Å². The normalized spacial score (nSPS) is 22.3. The number of benzene rings is 1. The number of hydrogen-bond acceptors (Lipinski definition) is 5. The Morgan fingerprint density at radius 3 is 2.72 bits per heavy atom. The molecule has 3 atom stereocenters. The van der Waals surface area contributed by atoms with Crippen LogP contribution in [0.1, 0.15) is 24.6 Å². The van der Waals surface area contributed by atoms with E-state index in [4.69, 9.17) is 20.9 Å². The highest BCUT2D eigenvalue weighted by atomic mass is 35.5. The molecular weight excluding hydrogens is 411 g/mol. The van der Waals surface area contributed by atoms with Crippen molar-refractivity contribution in [2.75, 3.05) is 6.61 Å². The summed E-state index contributed by atoms with van der Waals surface area (Å²) < 4.78 is 25.0. The molecule has 0 unspecified atom stereocenters. The molecule has 1 aromatic carbocycles. The molecule has 1 saturated carbocycles. The molecule has 8 heteroatoms. The Balaban J connectivity index is 1.78. The molecule has 154 valence electrons. The Bertz CT molecular complexity index is 924. The molecule has 29 heavy (non-hydrogen) atoms. The Morgan fingerprint density at radius 1 is 1.34 bits per heavy atom. The fourth-order valence-electron chi connectivity index (χ4n) is 3.37. The van der Waals surface area contributed by atoms with Crippen LogP contribution in [0.3, 0.4) is 0 Å². The predicted molar refractivity (Wildman–Crippen MR) is 113 cm³/mol. The van der Waals surface area contributed by atoms with Gasteiger partial charge in [0.2, 0.25) is 7.37 Å². The van der Waals surface area contributed by atoms with E-state index >= 15 is 0 Å². The van der Waals surface area contributed by atoms with E-state index in [0.717, 1.165) is 5.56 Å². The minimum Gasteiger partial charge on any atom is -0.445 e. The number of halogens is 1. The van der Waals surface area contributed by atoms with E-state index in [0.29, 0.717) is 17.3 Å². The van der Waals surface area contributed by atoms with Gasteiger partial charge < -0.3 is 14.6 Å². The molecule has 2 aromatic rings. The van der Waals surface area contributed by atoms with Gasteiger partial charge in [-0.2, -0.15) is 0 Å². The van der Waals surface area contributed by atoms with Crippen LogP contribution >= 0.6 is 19.0 Å². The molecule has 1 aliphatic rings. The second-order valence-corrected chi connectivity index (χ2v) is 9.96. The molecule has 1 aliphatic carbocycles. The second-order valence-electron chi connectivity index (χ2n) is 6.86. The molecule has 1 heterocycles. The molecular formula is C21H24ClN2O4P. The summed E-state index contributed by atoms with van der Waals surface area (Å²) in [6, 6.07) is 14.5. The lowest BCUT2D eigenvalue weighted by atomic mass is 10.2. The van der Waals surface area contributed by atoms with Gasteiger partial charge in [-0.25, -0.2) is 9.78 Å². The molecule has 0 spiro atoms. The van der Waals surface area contributed by atoms with Gasteiger partial charge in [0.15, 0.2) is 0 Å². The lowest BCUT2D eigenvalue weighted by molar-refractivity contribution is 0.136. The van der Waals surface area contributed by atoms with Crippen LogP contribution in [0.15, 0.2) is 61.2 Å². The Kier molecular flexibility index (Phi) is 6.78. The van der Waals surface area contributed by atoms with E-state index in [1.165, 1.54) is 0 Å². The van der Waals surface area contributed by atoms with Crippen LogP contribution in [0, 0.1) is 5.92 Å². The minimum atomic E-state index is -3.38. The standard InChI is InChI=1S/C21H24ClN2O4P/c1-3-17-13-21(17,24-20(25)27-14-16-9-6-5-7-10-16)29(26,28-4-2)15-18-11-8-12-19(22)23-18/h3,5-12,17H,1,4,13-15H2,2H3,(H,24,25)/t17-,21+,29+/m1/s1. The monoisotopic (exact) mass is 434 g/mol. The Hall–Kier alpha value is -2.14. The molecule has 1 fully saturated rings. The summed E-state index contributed by atoms with van der Waals surface area (Å²) in [6.45, 7) is 5.94. The van der Waals surface area contributed by atoms with Crippen molar-refractivity contribution in [3.63, 3.8) is 0 Å². The number of pyridine rings is 1. The number of carbonyl (C=O) groups excluding carboxylic acids is 1. The summed E-state index contributed by atoms with van der Waals surface area (Å²) in [5, 5.41) is 2.08. The third-order valence-corrected chi connectivity index (χ3v) is 8.36. The van der Waals surface area contributed by atoms with Gasteiger partial charge in [-0.1, -0.05) is 54.1 Å². The average molecular weight is 435 g/mol. The summed E-state index contributed by atoms with van der Waals surface area (Å²) in [7, 11) is -3.38. The highest BCUT2D eigenvalue weighted by molar-refractivity contribution is 7.60. The van der Waals surface area contributed by atoms with Gasteiger partial charge in [-0.15, -0.1) is 6.58 Å². The van der Waals surface area contributed by atoms with E-state index in [1.54, 1.807) is 31.2 Å². The van der Waals surface area contributed by atoms with Crippen LogP contribution in [0.25, 0.3) is 0 Å². The van der Waals surface area contributed by atoms with Gasteiger partial charge >= 0.3 is 6.09 Å². The second kappa shape index (κ2) is 9.12. The first-order valence-electron chi connectivity index (χ1n) is 9.39. The molecule has 0 aliphatic heterocycles. The smallest absolute Gasteiger partial charge is 0.408 e. The number of nitrogens with zero attached hydrogens (tertiary/aromatic N) is 1. The van der Waals surface area contributed by atoms with Gasteiger partial charge in [0.05, 0.1) is 18.5 Å². The van der Waals surface area contributed by atoms with Crippen molar-refractivity contribution >= 4 is 25.1 Å². The van der Waals surface area contributed by atoms with Crippen molar-refractivity contribution in [1.29, 1.82) is 0 Å². The number of amides is 1. The summed E-state index contributed by atoms with van der Waals surface area (Å²) in [5.74, 6) is -0.177. The number of ether oxygens (including phenoxy) is 1. The fraction of sp³-hybridized carbons (Fsp3) is 0.333. The highest BCUT2D eigenvalue weighted by Crippen LogP contribution is 2.73. The summed E-state index contributed by atoms with van der Waals surface area (Å²) in [6.07, 6.45) is 1.57. The first-order chi connectivity index (χ1) is 13.9.